The Morgan fingerprint density at radius 3 is 2.49 bits per heavy atom. The van der Waals surface area contributed by atoms with Crippen LogP contribution >= 0.6 is 27.5 Å². The standard InChI is InChI=1S/C28H23BrClNO6/c1-14-10-21-18(13-20(14)30)25(32)23-24(16-11-19(29)26(33)22(12-16)36-3)31(28(34)27(23)37-21)9-8-15-4-6-17(35-2)7-5-15/h4-7,10-13,24,33H,8-9H2,1-3H3. The Kier molecular flexibility index (Phi) is 6.64. The van der Waals surface area contributed by atoms with Crippen LogP contribution in [0.3, 0.4) is 0 Å². The number of aromatic hydroxyl groups is 1. The van der Waals surface area contributed by atoms with E-state index in [0.717, 1.165) is 16.9 Å². The van der Waals surface area contributed by atoms with E-state index in [9.17, 15) is 14.7 Å². The lowest BCUT2D eigenvalue weighted by Gasteiger charge is -2.26. The monoisotopic (exact) mass is 583 g/mol. The summed E-state index contributed by atoms with van der Waals surface area (Å²) < 4.78 is 17.0. The molecule has 9 heteroatoms. The summed E-state index contributed by atoms with van der Waals surface area (Å²) in [4.78, 5) is 29.1. The van der Waals surface area contributed by atoms with Gasteiger partial charge in [-0.1, -0.05) is 23.7 Å². The number of phenolic OH excluding ortho intramolecular Hbond substituents is 1. The minimum absolute atomic E-state index is 0.00196. The van der Waals surface area contributed by atoms with Gasteiger partial charge in [-0.3, -0.25) is 9.59 Å². The molecule has 3 aromatic carbocycles. The summed E-state index contributed by atoms with van der Waals surface area (Å²) in [6.07, 6.45) is 0.537. The van der Waals surface area contributed by atoms with Gasteiger partial charge in [0.25, 0.3) is 5.91 Å². The second kappa shape index (κ2) is 9.76. The van der Waals surface area contributed by atoms with Gasteiger partial charge in [-0.2, -0.15) is 0 Å². The number of hydrogen-bond donors (Lipinski definition) is 1. The van der Waals surface area contributed by atoms with Crippen LogP contribution in [0.4, 0.5) is 0 Å². The Morgan fingerprint density at radius 2 is 1.81 bits per heavy atom. The number of carbonyl (C=O) groups is 1. The quantitative estimate of drug-likeness (QED) is 0.298. The van der Waals surface area contributed by atoms with E-state index in [4.69, 9.17) is 25.5 Å². The van der Waals surface area contributed by atoms with Gasteiger partial charge in [0.05, 0.1) is 35.7 Å². The number of nitrogens with zero attached hydrogens (tertiary/aromatic N) is 1. The molecule has 4 aromatic rings. The molecule has 1 N–H and O–H groups in total. The second-order valence-corrected chi connectivity index (χ2v) is 10.1. The second-order valence-electron chi connectivity index (χ2n) is 8.82. The molecule has 0 saturated heterocycles. The fraction of sp³-hybridized carbons (Fsp3) is 0.214. The van der Waals surface area contributed by atoms with E-state index >= 15 is 0 Å². The summed E-state index contributed by atoms with van der Waals surface area (Å²) in [6.45, 7) is 2.12. The van der Waals surface area contributed by atoms with Crippen LogP contribution in [0.2, 0.25) is 5.02 Å². The molecule has 0 aliphatic carbocycles. The summed E-state index contributed by atoms with van der Waals surface area (Å²) in [6, 6.07) is 13.4. The van der Waals surface area contributed by atoms with Crippen LogP contribution in [0.15, 0.2) is 62.2 Å². The van der Waals surface area contributed by atoms with Crippen LogP contribution < -0.4 is 14.9 Å². The predicted octanol–water partition coefficient (Wildman–Crippen LogP) is 6.03. The number of rotatable bonds is 6. The fourth-order valence-electron chi connectivity index (χ4n) is 4.67. The molecule has 1 unspecified atom stereocenters. The van der Waals surface area contributed by atoms with Crippen LogP contribution in [-0.2, 0) is 6.42 Å². The number of hydrogen-bond acceptors (Lipinski definition) is 6. The van der Waals surface area contributed by atoms with Crippen LogP contribution in [-0.4, -0.2) is 36.7 Å². The maximum Gasteiger partial charge on any atom is 0.290 e. The lowest BCUT2D eigenvalue weighted by atomic mass is 9.97. The number of benzene rings is 3. The van der Waals surface area contributed by atoms with Gasteiger partial charge in [0, 0.05) is 11.6 Å². The Balaban J connectivity index is 1.66. The number of fused-ring (bicyclic) bond motifs is 2. The van der Waals surface area contributed by atoms with Crippen molar-refractivity contribution >= 4 is 44.4 Å². The first-order valence-corrected chi connectivity index (χ1v) is 12.7. The third kappa shape index (κ3) is 4.34. The average Bonchev–Trinajstić information content (AvgIpc) is 3.17. The molecule has 7 nitrogen and oxygen atoms in total. The van der Waals surface area contributed by atoms with Crippen molar-refractivity contribution < 1.29 is 23.8 Å². The molecule has 190 valence electrons. The van der Waals surface area contributed by atoms with Crippen molar-refractivity contribution in [1.29, 1.82) is 0 Å². The highest BCUT2D eigenvalue weighted by Gasteiger charge is 2.43. The largest absolute Gasteiger partial charge is 0.503 e. The summed E-state index contributed by atoms with van der Waals surface area (Å²) in [5.74, 6) is 0.491. The predicted molar refractivity (Wildman–Crippen MR) is 144 cm³/mol. The molecule has 1 atom stereocenters. The van der Waals surface area contributed by atoms with Crippen molar-refractivity contribution in [3.05, 3.63) is 96.3 Å². The van der Waals surface area contributed by atoms with Crippen molar-refractivity contribution in [1.82, 2.24) is 4.90 Å². The van der Waals surface area contributed by atoms with E-state index in [1.165, 1.54) is 7.11 Å². The third-order valence-electron chi connectivity index (χ3n) is 6.63. The van der Waals surface area contributed by atoms with Crippen molar-refractivity contribution in [3.8, 4) is 17.2 Å². The molecule has 0 fully saturated rings. The van der Waals surface area contributed by atoms with Gasteiger partial charge < -0.3 is 23.9 Å². The van der Waals surface area contributed by atoms with Crippen LogP contribution in [0.1, 0.15) is 38.9 Å². The van der Waals surface area contributed by atoms with E-state index < -0.39 is 6.04 Å². The zero-order chi connectivity index (χ0) is 26.4. The summed E-state index contributed by atoms with van der Waals surface area (Å²) in [7, 11) is 3.04. The number of ether oxygens (including phenoxy) is 2. The molecule has 0 bridgehead atoms. The first-order chi connectivity index (χ1) is 17.7. The maximum absolute atomic E-state index is 13.8. The molecule has 0 radical (unpaired) electrons. The minimum Gasteiger partial charge on any atom is -0.503 e. The zero-order valence-corrected chi connectivity index (χ0v) is 22.6. The molecule has 0 saturated carbocycles. The lowest BCUT2D eigenvalue weighted by Crippen LogP contribution is -2.31. The van der Waals surface area contributed by atoms with Crippen molar-refractivity contribution in [3.63, 3.8) is 0 Å². The third-order valence-corrected chi connectivity index (χ3v) is 7.65. The molecule has 1 aromatic heterocycles. The van der Waals surface area contributed by atoms with Crippen molar-refractivity contribution in [2.24, 2.45) is 0 Å². The highest BCUT2D eigenvalue weighted by atomic mass is 79.9. The van der Waals surface area contributed by atoms with Gasteiger partial charge in [0.2, 0.25) is 5.76 Å². The van der Waals surface area contributed by atoms with Crippen LogP contribution in [0, 0.1) is 6.92 Å². The van der Waals surface area contributed by atoms with Crippen LogP contribution in [0.25, 0.3) is 11.0 Å². The van der Waals surface area contributed by atoms with Gasteiger partial charge >= 0.3 is 0 Å². The van der Waals surface area contributed by atoms with E-state index in [1.54, 1.807) is 43.2 Å². The molecule has 5 rings (SSSR count). The van der Waals surface area contributed by atoms with Crippen LogP contribution in [0.5, 0.6) is 17.2 Å². The number of carbonyl (C=O) groups excluding carboxylic acids is 1. The Bertz CT molecular complexity index is 1600. The summed E-state index contributed by atoms with van der Waals surface area (Å²) >= 11 is 9.68. The number of amides is 1. The van der Waals surface area contributed by atoms with Gasteiger partial charge in [0.1, 0.15) is 11.3 Å². The first kappa shape index (κ1) is 25.2. The van der Waals surface area contributed by atoms with E-state index in [-0.39, 0.29) is 34.2 Å². The zero-order valence-electron chi connectivity index (χ0n) is 20.3. The van der Waals surface area contributed by atoms with Gasteiger partial charge in [0.15, 0.2) is 16.9 Å². The Labute approximate surface area is 226 Å². The topological polar surface area (TPSA) is 89.2 Å². The highest BCUT2D eigenvalue weighted by molar-refractivity contribution is 9.10. The fourth-order valence-corrected chi connectivity index (χ4v) is 5.29. The average molecular weight is 585 g/mol. The minimum atomic E-state index is -0.757. The molecule has 1 aliphatic rings. The van der Waals surface area contributed by atoms with Crippen molar-refractivity contribution in [2.75, 3.05) is 20.8 Å². The van der Waals surface area contributed by atoms with E-state index in [0.29, 0.717) is 39.0 Å². The number of phenols is 1. The molecule has 2 heterocycles. The van der Waals surface area contributed by atoms with Crippen molar-refractivity contribution in [2.45, 2.75) is 19.4 Å². The molecular weight excluding hydrogens is 562 g/mol. The van der Waals surface area contributed by atoms with E-state index in [2.05, 4.69) is 15.9 Å². The number of halogens is 2. The Morgan fingerprint density at radius 1 is 1.08 bits per heavy atom. The lowest BCUT2D eigenvalue weighted by molar-refractivity contribution is 0.0730. The highest BCUT2D eigenvalue weighted by Crippen LogP contribution is 2.43. The smallest absolute Gasteiger partial charge is 0.290 e. The van der Waals surface area contributed by atoms with Gasteiger partial charge in [-0.25, -0.2) is 0 Å². The molecule has 37 heavy (non-hydrogen) atoms. The molecular formula is C28H23BrClNO6. The van der Waals surface area contributed by atoms with Gasteiger partial charge in [-0.15, -0.1) is 0 Å². The van der Waals surface area contributed by atoms with Gasteiger partial charge in [-0.05, 0) is 82.4 Å². The number of aryl methyl sites for hydroxylation is 1. The summed E-state index contributed by atoms with van der Waals surface area (Å²) in [5.41, 5.74) is 2.54. The Hall–Kier alpha value is -3.49. The maximum atomic E-state index is 13.8. The molecule has 1 aliphatic heterocycles. The number of methoxy groups -OCH3 is 2. The normalized spacial score (nSPS) is 14.8. The summed E-state index contributed by atoms with van der Waals surface area (Å²) in [5, 5.41) is 11.1. The van der Waals surface area contributed by atoms with E-state index in [1.807, 2.05) is 24.3 Å². The molecule has 1 amide bonds. The molecule has 0 spiro atoms. The first-order valence-electron chi connectivity index (χ1n) is 11.5. The SMILES string of the molecule is COc1ccc(CCN2C(=O)c3oc4cc(C)c(Cl)cc4c(=O)c3C2c2cc(Br)c(O)c(OC)c2)cc1.